The quantitative estimate of drug-likeness (QED) is 0.875. The molecule has 2 aromatic rings. The second kappa shape index (κ2) is 5.38. The fourth-order valence-corrected chi connectivity index (χ4v) is 2.23. The molecule has 1 heterocycles. The minimum Gasteiger partial charge on any atom is -0.478 e. The summed E-state index contributed by atoms with van der Waals surface area (Å²) >= 11 is 0. The third-order valence-electron chi connectivity index (χ3n) is 2.65. The number of furan rings is 1. The minimum absolute atomic E-state index is 0.0919. The van der Waals surface area contributed by atoms with Crippen LogP contribution in [-0.4, -0.2) is 25.7 Å². The summed E-state index contributed by atoms with van der Waals surface area (Å²) in [6, 6.07) is 7.71. The Kier molecular flexibility index (Phi) is 3.80. The van der Waals surface area contributed by atoms with E-state index in [-0.39, 0.29) is 10.5 Å². The standard InChI is InChI=1S/C13H13NO5S/c1-20(17,18)12-4-2-10(3-5-12)14-7-11-6-9(8-19-11)13(15)16/h2-6,8,14H,7H2,1H3,(H,15,16). The van der Waals surface area contributed by atoms with Crippen LogP contribution in [0.4, 0.5) is 5.69 Å². The molecule has 0 bridgehead atoms. The first-order valence-electron chi connectivity index (χ1n) is 5.71. The first-order valence-corrected chi connectivity index (χ1v) is 7.60. The molecule has 1 aromatic carbocycles. The van der Waals surface area contributed by atoms with E-state index in [9.17, 15) is 13.2 Å². The highest BCUT2D eigenvalue weighted by molar-refractivity contribution is 7.90. The van der Waals surface area contributed by atoms with Gasteiger partial charge < -0.3 is 14.8 Å². The fourth-order valence-electron chi connectivity index (χ4n) is 1.59. The molecule has 0 amide bonds. The van der Waals surface area contributed by atoms with Gasteiger partial charge >= 0.3 is 5.97 Å². The van der Waals surface area contributed by atoms with Crippen LogP contribution in [0.1, 0.15) is 16.1 Å². The van der Waals surface area contributed by atoms with Gasteiger partial charge in [0.1, 0.15) is 12.0 Å². The van der Waals surface area contributed by atoms with E-state index in [1.54, 1.807) is 12.1 Å². The highest BCUT2D eigenvalue weighted by Crippen LogP contribution is 2.15. The SMILES string of the molecule is CS(=O)(=O)c1ccc(NCc2cc(C(=O)O)co2)cc1. The van der Waals surface area contributed by atoms with E-state index >= 15 is 0 Å². The van der Waals surface area contributed by atoms with E-state index in [1.165, 1.54) is 24.5 Å². The van der Waals surface area contributed by atoms with Crippen molar-refractivity contribution < 1.29 is 22.7 Å². The van der Waals surface area contributed by atoms with Crippen LogP contribution in [0, 0.1) is 0 Å². The molecule has 0 aliphatic carbocycles. The molecule has 0 aliphatic heterocycles. The maximum Gasteiger partial charge on any atom is 0.338 e. The van der Waals surface area contributed by atoms with Gasteiger partial charge in [0, 0.05) is 11.9 Å². The summed E-state index contributed by atoms with van der Waals surface area (Å²) in [4.78, 5) is 10.9. The Bertz CT molecular complexity index is 715. The van der Waals surface area contributed by atoms with Crippen LogP contribution in [0.5, 0.6) is 0 Å². The lowest BCUT2D eigenvalue weighted by atomic mass is 10.3. The van der Waals surface area contributed by atoms with E-state index in [0.29, 0.717) is 18.0 Å². The Morgan fingerprint density at radius 2 is 1.95 bits per heavy atom. The predicted octanol–water partition coefficient (Wildman–Crippen LogP) is 1.99. The van der Waals surface area contributed by atoms with Gasteiger partial charge in [-0.3, -0.25) is 0 Å². The molecule has 2 rings (SSSR count). The summed E-state index contributed by atoms with van der Waals surface area (Å²) in [7, 11) is -3.20. The molecule has 0 unspecified atom stereocenters. The molecule has 106 valence electrons. The molecule has 0 fully saturated rings. The molecule has 0 aliphatic rings. The Morgan fingerprint density at radius 1 is 1.30 bits per heavy atom. The average molecular weight is 295 g/mol. The summed E-state index contributed by atoms with van der Waals surface area (Å²) in [6.07, 6.45) is 2.32. The summed E-state index contributed by atoms with van der Waals surface area (Å²) < 4.78 is 27.7. The van der Waals surface area contributed by atoms with Gasteiger partial charge in [-0.2, -0.15) is 0 Å². The molecule has 0 saturated carbocycles. The zero-order valence-corrected chi connectivity index (χ0v) is 11.5. The third-order valence-corrected chi connectivity index (χ3v) is 3.78. The minimum atomic E-state index is -3.20. The number of rotatable bonds is 5. The predicted molar refractivity (Wildman–Crippen MR) is 72.5 cm³/mol. The highest BCUT2D eigenvalue weighted by atomic mass is 32.2. The molecule has 0 saturated heterocycles. The highest BCUT2D eigenvalue weighted by Gasteiger charge is 2.09. The molecule has 0 spiro atoms. The van der Waals surface area contributed by atoms with Gasteiger partial charge in [-0.25, -0.2) is 13.2 Å². The average Bonchev–Trinajstić information content (AvgIpc) is 2.85. The number of anilines is 1. The van der Waals surface area contributed by atoms with E-state index in [1.807, 2.05) is 0 Å². The van der Waals surface area contributed by atoms with Gasteiger partial charge in [0.05, 0.1) is 17.0 Å². The maximum absolute atomic E-state index is 11.3. The van der Waals surface area contributed by atoms with Crippen molar-refractivity contribution in [2.24, 2.45) is 0 Å². The molecule has 6 nitrogen and oxygen atoms in total. The van der Waals surface area contributed by atoms with Crippen molar-refractivity contribution in [1.29, 1.82) is 0 Å². The second-order valence-corrected chi connectivity index (χ2v) is 6.27. The number of carbonyl (C=O) groups is 1. The van der Waals surface area contributed by atoms with E-state index in [4.69, 9.17) is 9.52 Å². The number of benzene rings is 1. The van der Waals surface area contributed by atoms with E-state index in [0.717, 1.165) is 6.26 Å². The van der Waals surface area contributed by atoms with E-state index < -0.39 is 15.8 Å². The normalized spacial score (nSPS) is 11.2. The molecular formula is C13H13NO5S. The number of hydrogen-bond donors (Lipinski definition) is 2. The Balaban J connectivity index is 2.02. The molecule has 0 radical (unpaired) electrons. The Hall–Kier alpha value is -2.28. The van der Waals surface area contributed by atoms with Crippen LogP contribution < -0.4 is 5.32 Å². The van der Waals surface area contributed by atoms with Gasteiger partial charge in [0.15, 0.2) is 9.84 Å². The number of hydrogen-bond acceptors (Lipinski definition) is 5. The molecule has 1 aromatic heterocycles. The lowest BCUT2D eigenvalue weighted by molar-refractivity contribution is 0.0696. The van der Waals surface area contributed by atoms with Gasteiger partial charge in [-0.05, 0) is 30.3 Å². The first kappa shape index (κ1) is 14.1. The van der Waals surface area contributed by atoms with Crippen molar-refractivity contribution in [3.05, 3.63) is 47.9 Å². The number of aromatic carboxylic acids is 1. The maximum atomic E-state index is 11.3. The number of carboxylic acid groups (broad SMARTS) is 1. The van der Waals surface area contributed by atoms with Crippen LogP contribution in [-0.2, 0) is 16.4 Å². The van der Waals surface area contributed by atoms with Gasteiger partial charge in [0.2, 0.25) is 0 Å². The van der Waals surface area contributed by atoms with Gasteiger partial charge in [-0.15, -0.1) is 0 Å². The first-order chi connectivity index (χ1) is 9.36. The molecule has 2 N–H and O–H groups in total. The van der Waals surface area contributed by atoms with E-state index in [2.05, 4.69) is 5.32 Å². The van der Waals surface area contributed by atoms with Crippen molar-refractivity contribution in [3.8, 4) is 0 Å². The summed E-state index contributed by atoms with van der Waals surface area (Å²) in [5.41, 5.74) is 0.805. The van der Waals surface area contributed by atoms with Crippen LogP contribution >= 0.6 is 0 Å². The van der Waals surface area contributed by atoms with Crippen molar-refractivity contribution in [1.82, 2.24) is 0 Å². The van der Waals surface area contributed by atoms with Gasteiger partial charge in [-0.1, -0.05) is 0 Å². The molecule has 0 atom stereocenters. The molecule has 7 heteroatoms. The topological polar surface area (TPSA) is 96.6 Å². The lowest BCUT2D eigenvalue weighted by Crippen LogP contribution is -2.00. The number of carboxylic acids is 1. The monoisotopic (exact) mass is 295 g/mol. The van der Waals surface area contributed by atoms with Crippen LogP contribution in [0.25, 0.3) is 0 Å². The fraction of sp³-hybridized carbons (Fsp3) is 0.154. The van der Waals surface area contributed by atoms with Crippen molar-refractivity contribution in [2.75, 3.05) is 11.6 Å². The van der Waals surface area contributed by atoms with Crippen LogP contribution in [0.3, 0.4) is 0 Å². The second-order valence-electron chi connectivity index (χ2n) is 4.26. The molecular weight excluding hydrogens is 282 g/mol. The third kappa shape index (κ3) is 3.39. The van der Waals surface area contributed by atoms with Crippen LogP contribution in [0.15, 0.2) is 45.9 Å². The van der Waals surface area contributed by atoms with Gasteiger partial charge in [0.25, 0.3) is 0 Å². The zero-order chi connectivity index (χ0) is 14.8. The van der Waals surface area contributed by atoms with Crippen molar-refractivity contribution >= 4 is 21.5 Å². The summed E-state index contributed by atoms with van der Waals surface area (Å²) in [5.74, 6) is -0.563. The van der Waals surface area contributed by atoms with Crippen LogP contribution in [0.2, 0.25) is 0 Å². The zero-order valence-electron chi connectivity index (χ0n) is 10.7. The Morgan fingerprint density at radius 3 is 2.45 bits per heavy atom. The summed E-state index contributed by atoms with van der Waals surface area (Å²) in [5, 5.41) is 11.8. The van der Waals surface area contributed by atoms with Crippen molar-refractivity contribution in [3.63, 3.8) is 0 Å². The van der Waals surface area contributed by atoms with Crippen molar-refractivity contribution in [2.45, 2.75) is 11.4 Å². The largest absolute Gasteiger partial charge is 0.478 e. The molecule has 20 heavy (non-hydrogen) atoms. The number of nitrogens with one attached hydrogen (secondary N) is 1. The smallest absolute Gasteiger partial charge is 0.338 e. The number of sulfone groups is 1. The Labute approximate surface area is 116 Å². The summed E-state index contributed by atoms with van der Waals surface area (Å²) in [6.45, 7) is 0.311. The lowest BCUT2D eigenvalue weighted by Gasteiger charge is -2.05.